The molecule has 0 unspecified atom stereocenters. The molecule has 54 valence electrons. The molecule has 1 rings (SSSR count). The number of rotatable bonds is 1. The highest BCUT2D eigenvalue weighted by atomic mass is 127. The van der Waals surface area contributed by atoms with Crippen molar-refractivity contribution >= 4 is 34.4 Å². The fourth-order valence-electron chi connectivity index (χ4n) is 0.700. The first-order chi connectivity index (χ1) is 4.75. The van der Waals surface area contributed by atoms with E-state index in [-0.39, 0.29) is 0 Å². The molecule has 1 nitrogen and oxygen atoms in total. The third-order valence-corrected chi connectivity index (χ3v) is 3.25. The van der Waals surface area contributed by atoms with Crippen LogP contribution in [0.4, 0.5) is 0 Å². The van der Waals surface area contributed by atoms with E-state index in [0.717, 1.165) is 8.47 Å². The second kappa shape index (κ2) is 3.48. The molecular formula is C7H7IOS. The Bertz CT molecular complexity index is 217. The van der Waals surface area contributed by atoms with Crippen LogP contribution in [0.25, 0.3) is 0 Å². The standard InChI is InChI=1S/C7H7IOS/c1-10-7-5(8)3-2-4-6(7)9/h2-4,9H,1H3. The van der Waals surface area contributed by atoms with Gasteiger partial charge in [-0.15, -0.1) is 11.8 Å². The van der Waals surface area contributed by atoms with Crippen LogP contribution >= 0.6 is 34.4 Å². The summed E-state index contributed by atoms with van der Waals surface area (Å²) in [7, 11) is 0. The molecule has 0 amide bonds. The highest BCUT2D eigenvalue weighted by Gasteiger charge is 2.01. The third kappa shape index (κ3) is 1.58. The summed E-state index contributed by atoms with van der Waals surface area (Å²) < 4.78 is 1.10. The maximum Gasteiger partial charge on any atom is 0.130 e. The van der Waals surface area contributed by atoms with E-state index < -0.39 is 0 Å². The van der Waals surface area contributed by atoms with E-state index in [4.69, 9.17) is 0 Å². The molecule has 0 aliphatic heterocycles. The van der Waals surface area contributed by atoms with Gasteiger partial charge in [-0.25, -0.2) is 0 Å². The molecule has 0 heterocycles. The molecule has 1 aromatic carbocycles. The number of phenolic OH excluding ortho intramolecular Hbond substituents is 1. The first-order valence-corrected chi connectivity index (χ1v) is 5.07. The Kier molecular flexibility index (Phi) is 2.85. The van der Waals surface area contributed by atoms with Crippen molar-refractivity contribution in [3.63, 3.8) is 0 Å². The smallest absolute Gasteiger partial charge is 0.130 e. The molecule has 0 bridgehead atoms. The van der Waals surface area contributed by atoms with Gasteiger partial charge in [0.05, 0.1) is 4.90 Å². The van der Waals surface area contributed by atoms with E-state index in [1.165, 1.54) is 0 Å². The average Bonchev–Trinajstić information content (AvgIpc) is 1.88. The summed E-state index contributed by atoms with van der Waals surface area (Å²) in [6, 6.07) is 5.52. The van der Waals surface area contributed by atoms with Crippen LogP contribution in [-0.2, 0) is 0 Å². The maximum atomic E-state index is 9.27. The minimum absolute atomic E-state index is 0.374. The largest absolute Gasteiger partial charge is 0.507 e. The second-order valence-electron chi connectivity index (χ2n) is 1.79. The molecule has 0 fully saturated rings. The minimum Gasteiger partial charge on any atom is -0.507 e. The number of benzene rings is 1. The predicted octanol–water partition coefficient (Wildman–Crippen LogP) is 2.72. The zero-order chi connectivity index (χ0) is 7.56. The fraction of sp³-hybridized carbons (Fsp3) is 0.143. The Labute approximate surface area is 78.0 Å². The molecule has 10 heavy (non-hydrogen) atoms. The summed E-state index contributed by atoms with van der Waals surface area (Å²) in [4.78, 5) is 0.961. The van der Waals surface area contributed by atoms with E-state index in [1.807, 2.05) is 18.4 Å². The molecule has 0 saturated heterocycles. The summed E-state index contributed by atoms with van der Waals surface area (Å²) in [5.41, 5.74) is 0. The Hall–Kier alpha value is 0.100. The van der Waals surface area contributed by atoms with E-state index in [0.29, 0.717) is 5.75 Å². The number of halogens is 1. The van der Waals surface area contributed by atoms with Gasteiger partial charge in [-0.2, -0.15) is 0 Å². The molecule has 0 aromatic heterocycles. The lowest BCUT2D eigenvalue weighted by atomic mass is 10.3. The van der Waals surface area contributed by atoms with Crippen LogP contribution in [0, 0.1) is 3.57 Å². The van der Waals surface area contributed by atoms with Crippen LogP contribution in [0.15, 0.2) is 23.1 Å². The summed E-state index contributed by atoms with van der Waals surface area (Å²) >= 11 is 3.77. The summed E-state index contributed by atoms with van der Waals surface area (Å²) in [6.07, 6.45) is 1.96. The third-order valence-electron chi connectivity index (χ3n) is 1.15. The van der Waals surface area contributed by atoms with Crippen LogP contribution in [0.5, 0.6) is 5.75 Å². The topological polar surface area (TPSA) is 20.2 Å². The molecular weight excluding hydrogens is 259 g/mol. The van der Waals surface area contributed by atoms with Crippen LogP contribution < -0.4 is 0 Å². The van der Waals surface area contributed by atoms with Crippen molar-refractivity contribution in [1.82, 2.24) is 0 Å². The van der Waals surface area contributed by atoms with Crippen LogP contribution in [-0.4, -0.2) is 11.4 Å². The van der Waals surface area contributed by atoms with E-state index in [9.17, 15) is 5.11 Å². The van der Waals surface area contributed by atoms with Crippen molar-refractivity contribution in [3.8, 4) is 5.75 Å². The van der Waals surface area contributed by atoms with Crippen LogP contribution in [0.3, 0.4) is 0 Å². The number of hydrogen-bond donors (Lipinski definition) is 1. The van der Waals surface area contributed by atoms with Gasteiger partial charge in [-0.3, -0.25) is 0 Å². The summed E-state index contributed by atoms with van der Waals surface area (Å²) in [6.45, 7) is 0. The Morgan fingerprint density at radius 3 is 2.60 bits per heavy atom. The first kappa shape index (κ1) is 8.20. The SMILES string of the molecule is CSc1c(O)cccc1I. The lowest BCUT2D eigenvalue weighted by molar-refractivity contribution is 0.461. The molecule has 1 N–H and O–H groups in total. The molecule has 0 atom stereocenters. The molecule has 0 radical (unpaired) electrons. The Morgan fingerprint density at radius 1 is 1.50 bits per heavy atom. The van der Waals surface area contributed by atoms with Gasteiger partial charge in [-0.05, 0) is 41.0 Å². The minimum atomic E-state index is 0.374. The molecule has 3 heteroatoms. The van der Waals surface area contributed by atoms with E-state index in [2.05, 4.69) is 22.6 Å². The van der Waals surface area contributed by atoms with Crippen molar-refractivity contribution in [2.75, 3.05) is 6.26 Å². The van der Waals surface area contributed by atoms with Gasteiger partial charge in [0.1, 0.15) is 5.75 Å². The second-order valence-corrected chi connectivity index (χ2v) is 3.77. The highest BCUT2D eigenvalue weighted by molar-refractivity contribution is 14.1. The normalized spacial score (nSPS) is 9.80. The average molecular weight is 266 g/mol. The molecule has 0 aliphatic carbocycles. The monoisotopic (exact) mass is 266 g/mol. The van der Waals surface area contributed by atoms with Gasteiger partial charge in [0.25, 0.3) is 0 Å². The van der Waals surface area contributed by atoms with E-state index in [1.54, 1.807) is 17.8 Å². The molecule has 0 saturated carbocycles. The van der Waals surface area contributed by atoms with Gasteiger partial charge >= 0.3 is 0 Å². The lowest BCUT2D eigenvalue weighted by Gasteiger charge is -2.01. The van der Waals surface area contributed by atoms with Crippen molar-refractivity contribution in [1.29, 1.82) is 0 Å². The highest BCUT2D eigenvalue weighted by Crippen LogP contribution is 2.30. The predicted molar refractivity (Wildman–Crippen MR) is 52.6 cm³/mol. The zero-order valence-electron chi connectivity index (χ0n) is 5.47. The van der Waals surface area contributed by atoms with Crippen molar-refractivity contribution < 1.29 is 5.11 Å². The van der Waals surface area contributed by atoms with Crippen molar-refractivity contribution in [2.45, 2.75) is 4.90 Å². The van der Waals surface area contributed by atoms with E-state index >= 15 is 0 Å². The van der Waals surface area contributed by atoms with Crippen molar-refractivity contribution in [2.24, 2.45) is 0 Å². The summed E-state index contributed by atoms with van der Waals surface area (Å²) in [5.74, 6) is 0.374. The lowest BCUT2D eigenvalue weighted by Crippen LogP contribution is -1.77. The number of hydrogen-bond acceptors (Lipinski definition) is 2. The van der Waals surface area contributed by atoms with Gasteiger partial charge in [0.15, 0.2) is 0 Å². The Balaban J connectivity index is 3.17. The summed E-state index contributed by atoms with van der Waals surface area (Å²) in [5, 5.41) is 9.27. The van der Waals surface area contributed by atoms with Gasteiger partial charge in [0, 0.05) is 3.57 Å². The number of thioether (sulfide) groups is 1. The van der Waals surface area contributed by atoms with Crippen molar-refractivity contribution in [3.05, 3.63) is 21.8 Å². The van der Waals surface area contributed by atoms with Gasteiger partial charge < -0.3 is 5.11 Å². The van der Waals surface area contributed by atoms with Crippen LogP contribution in [0.2, 0.25) is 0 Å². The number of phenols is 1. The van der Waals surface area contributed by atoms with Gasteiger partial charge in [0.2, 0.25) is 0 Å². The maximum absolute atomic E-state index is 9.27. The molecule has 0 aliphatic rings. The Morgan fingerprint density at radius 2 is 2.20 bits per heavy atom. The first-order valence-electron chi connectivity index (χ1n) is 2.77. The quantitative estimate of drug-likeness (QED) is 0.623. The number of aromatic hydroxyl groups is 1. The fourth-order valence-corrected chi connectivity index (χ4v) is 2.38. The molecule has 1 aromatic rings. The van der Waals surface area contributed by atoms with Gasteiger partial charge in [-0.1, -0.05) is 6.07 Å². The van der Waals surface area contributed by atoms with Crippen LogP contribution in [0.1, 0.15) is 0 Å². The molecule has 0 spiro atoms. The zero-order valence-corrected chi connectivity index (χ0v) is 8.44.